The van der Waals surface area contributed by atoms with Crippen LogP contribution in [0.1, 0.15) is 22.7 Å². The lowest BCUT2D eigenvalue weighted by atomic mass is 10.1. The Morgan fingerprint density at radius 1 is 1.52 bits per heavy atom. The first kappa shape index (κ1) is 14.9. The van der Waals surface area contributed by atoms with Gasteiger partial charge in [-0.25, -0.2) is 4.98 Å². The molecule has 0 radical (unpaired) electrons. The van der Waals surface area contributed by atoms with E-state index in [0.29, 0.717) is 5.69 Å². The summed E-state index contributed by atoms with van der Waals surface area (Å²) >= 11 is 1.65. The Labute approximate surface area is 126 Å². The van der Waals surface area contributed by atoms with Gasteiger partial charge in [-0.1, -0.05) is 0 Å². The Balaban J connectivity index is 1.89. The molecule has 1 aromatic heterocycles. The van der Waals surface area contributed by atoms with Crippen LogP contribution in [-0.2, 0) is 6.42 Å². The van der Waals surface area contributed by atoms with Gasteiger partial charge in [-0.15, -0.1) is 11.3 Å². The van der Waals surface area contributed by atoms with E-state index < -0.39 is 4.92 Å². The first-order valence-electron chi connectivity index (χ1n) is 6.43. The van der Waals surface area contributed by atoms with E-state index in [9.17, 15) is 10.1 Å². The molecular weight excluding hydrogens is 288 g/mol. The molecule has 0 aliphatic heterocycles. The summed E-state index contributed by atoms with van der Waals surface area (Å²) in [4.78, 5) is 14.6. The maximum atomic E-state index is 10.7. The molecule has 21 heavy (non-hydrogen) atoms. The van der Waals surface area contributed by atoms with Gasteiger partial charge in [0.2, 0.25) is 0 Å². The van der Waals surface area contributed by atoms with Gasteiger partial charge in [-0.05, 0) is 25.5 Å². The number of nitrogens with zero attached hydrogens (tertiary/aromatic N) is 3. The maximum Gasteiger partial charge on any atom is 0.287 e. The fraction of sp³-hybridized carbons (Fsp3) is 0.286. The van der Waals surface area contributed by atoms with Gasteiger partial charge in [0.25, 0.3) is 5.69 Å². The second-order valence-corrected chi connectivity index (χ2v) is 5.46. The molecule has 6 nitrogen and oxygen atoms in total. The zero-order valence-electron chi connectivity index (χ0n) is 11.5. The third-order valence-corrected chi connectivity index (χ3v) is 3.90. The van der Waals surface area contributed by atoms with Crippen LogP contribution in [0.25, 0.3) is 0 Å². The quantitative estimate of drug-likeness (QED) is 0.502. The van der Waals surface area contributed by atoms with Gasteiger partial charge >= 0.3 is 0 Å². The molecule has 2 rings (SSSR count). The minimum Gasteiger partial charge on any atom is -0.385 e. The number of hydrogen-bond donors (Lipinski definition) is 1. The fourth-order valence-electron chi connectivity index (χ4n) is 1.88. The standard InChI is InChI=1S/C14H14N4O2S/c1-10-9-21-14(17-10)3-2-6-16-12-4-5-13(18(19)20)11(7-12)8-15/h4-5,7,9,16H,2-3,6H2,1H3. The number of aryl methyl sites for hydroxylation is 2. The molecule has 0 amide bonds. The molecule has 0 spiro atoms. The highest BCUT2D eigenvalue weighted by Crippen LogP contribution is 2.21. The monoisotopic (exact) mass is 302 g/mol. The first-order chi connectivity index (χ1) is 10.1. The van der Waals surface area contributed by atoms with Crippen molar-refractivity contribution in [2.75, 3.05) is 11.9 Å². The third-order valence-electron chi connectivity index (χ3n) is 2.88. The predicted molar refractivity (Wildman–Crippen MR) is 81.5 cm³/mol. The van der Waals surface area contributed by atoms with Gasteiger partial charge in [0.15, 0.2) is 0 Å². The molecule has 0 atom stereocenters. The topological polar surface area (TPSA) is 91.9 Å². The Bertz CT molecular complexity index is 691. The molecule has 0 bridgehead atoms. The van der Waals surface area contributed by atoms with Crippen molar-refractivity contribution in [3.8, 4) is 6.07 Å². The van der Waals surface area contributed by atoms with Crippen LogP contribution in [0.3, 0.4) is 0 Å². The van der Waals surface area contributed by atoms with Gasteiger partial charge in [0, 0.05) is 35.8 Å². The van der Waals surface area contributed by atoms with E-state index in [4.69, 9.17) is 5.26 Å². The molecule has 0 aliphatic rings. The fourth-order valence-corrected chi connectivity index (χ4v) is 2.70. The molecule has 0 saturated carbocycles. The highest BCUT2D eigenvalue weighted by atomic mass is 32.1. The van der Waals surface area contributed by atoms with Gasteiger partial charge in [0.05, 0.1) is 9.93 Å². The molecule has 0 saturated heterocycles. The van der Waals surface area contributed by atoms with Crippen molar-refractivity contribution in [2.24, 2.45) is 0 Å². The molecule has 0 unspecified atom stereocenters. The summed E-state index contributed by atoms with van der Waals surface area (Å²) in [5, 5.41) is 26.0. The summed E-state index contributed by atoms with van der Waals surface area (Å²) in [6, 6.07) is 6.32. The molecule has 1 N–H and O–H groups in total. The number of nitriles is 1. The minimum atomic E-state index is -0.548. The van der Waals surface area contributed by atoms with E-state index >= 15 is 0 Å². The molecular formula is C14H14N4O2S. The molecule has 1 heterocycles. The van der Waals surface area contributed by atoms with Crippen LogP contribution >= 0.6 is 11.3 Å². The smallest absolute Gasteiger partial charge is 0.287 e. The predicted octanol–water partition coefficient (Wildman–Crippen LogP) is 3.28. The molecule has 1 aromatic carbocycles. The van der Waals surface area contributed by atoms with Crippen molar-refractivity contribution < 1.29 is 4.92 Å². The average molecular weight is 302 g/mol. The maximum absolute atomic E-state index is 10.7. The van der Waals surface area contributed by atoms with Crippen LogP contribution in [0.4, 0.5) is 11.4 Å². The van der Waals surface area contributed by atoms with E-state index in [1.807, 2.05) is 18.4 Å². The number of rotatable bonds is 6. The number of aromatic nitrogens is 1. The molecule has 108 valence electrons. The summed E-state index contributed by atoms with van der Waals surface area (Å²) in [6.45, 7) is 2.69. The van der Waals surface area contributed by atoms with Crippen molar-refractivity contribution >= 4 is 22.7 Å². The highest BCUT2D eigenvalue weighted by molar-refractivity contribution is 7.09. The lowest BCUT2D eigenvalue weighted by Gasteiger charge is -2.06. The number of nitrogens with one attached hydrogen (secondary N) is 1. The van der Waals surface area contributed by atoms with E-state index in [1.54, 1.807) is 17.4 Å². The number of anilines is 1. The highest BCUT2D eigenvalue weighted by Gasteiger charge is 2.13. The zero-order valence-corrected chi connectivity index (χ0v) is 12.3. The summed E-state index contributed by atoms with van der Waals surface area (Å²) in [5.41, 5.74) is 1.66. The Morgan fingerprint density at radius 2 is 2.33 bits per heavy atom. The number of nitro groups is 1. The second-order valence-electron chi connectivity index (χ2n) is 4.51. The van der Waals surface area contributed by atoms with E-state index in [0.717, 1.165) is 30.1 Å². The number of benzene rings is 1. The Morgan fingerprint density at radius 3 is 2.95 bits per heavy atom. The normalized spacial score (nSPS) is 10.1. The van der Waals surface area contributed by atoms with Crippen molar-refractivity contribution in [1.82, 2.24) is 4.98 Å². The zero-order chi connectivity index (χ0) is 15.2. The van der Waals surface area contributed by atoms with Crippen LogP contribution in [0.5, 0.6) is 0 Å². The van der Waals surface area contributed by atoms with Crippen LogP contribution in [0.15, 0.2) is 23.6 Å². The SMILES string of the molecule is Cc1csc(CCCNc2ccc([N+](=O)[O-])c(C#N)c2)n1. The van der Waals surface area contributed by atoms with Crippen molar-refractivity contribution in [3.63, 3.8) is 0 Å². The van der Waals surface area contributed by atoms with Gasteiger partial charge in [-0.3, -0.25) is 10.1 Å². The van der Waals surface area contributed by atoms with Crippen LogP contribution in [0.2, 0.25) is 0 Å². The van der Waals surface area contributed by atoms with Crippen molar-refractivity contribution in [3.05, 3.63) is 50.0 Å². The van der Waals surface area contributed by atoms with E-state index in [-0.39, 0.29) is 11.3 Å². The van der Waals surface area contributed by atoms with Crippen molar-refractivity contribution in [2.45, 2.75) is 19.8 Å². The van der Waals surface area contributed by atoms with Crippen molar-refractivity contribution in [1.29, 1.82) is 5.26 Å². The average Bonchev–Trinajstić information content (AvgIpc) is 2.88. The Kier molecular flexibility index (Phi) is 4.85. The lowest BCUT2D eigenvalue weighted by Crippen LogP contribution is -2.03. The van der Waals surface area contributed by atoms with E-state index in [1.165, 1.54) is 12.1 Å². The number of thiazole rings is 1. The largest absolute Gasteiger partial charge is 0.385 e. The number of hydrogen-bond acceptors (Lipinski definition) is 6. The summed E-state index contributed by atoms with van der Waals surface area (Å²) in [6.07, 6.45) is 1.80. The minimum absolute atomic E-state index is 0.0700. The van der Waals surface area contributed by atoms with Gasteiger partial charge in [0.1, 0.15) is 11.6 Å². The van der Waals surface area contributed by atoms with Crippen LogP contribution in [-0.4, -0.2) is 16.5 Å². The summed E-state index contributed by atoms with van der Waals surface area (Å²) in [7, 11) is 0. The molecule has 0 aliphatic carbocycles. The van der Waals surface area contributed by atoms with Gasteiger partial charge in [-0.2, -0.15) is 5.26 Å². The lowest BCUT2D eigenvalue weighted by molar-refractivity contribution is -0.385. The molecule has 7 heteroatoms. The molecule has 2 aromatic rings. The molecule has 0 fully saturated rings. The van der Waals surface area contributed by atoms with Crippen LogP contribution in [0, 0.1) is 28.4 Å². The Hall–Kier alpha value is -2.46. The van der Waals surface area contributed by atoms with Gasteiger partial charge < -0.3 is 5.32 Å². The van der Waals surface area contributed by atoms with E-state index in [2.05, 4.69) is 10.3 Å². The first-order valence-corrected chi connectivity index (χ1v) is 7.31. The third kappa shape index (κ3) is 4.00. The van der Waals surface area contributed by atoms with Crippen LogP contribution < -0.4 is 5.32 Å². The summed E-state index contributed by atoms with van der Waals surface area (Å²) < 4.78 is 0. The summed E-state index contributed by atoms with van der Waals surface area (Å²) in [5.74, 6) is 0. The number of nitro benzene ring substituents is 1. The second kappa shape index (κ2) is 6.81.